The van der Waals surface area contributed by atoms with Gasteiger partial charge in [0.25, 0.3) is 5.56 Å². The third kappa shape index (κ3) is 4.11. The van der Waals surface area contributed by atoms with Crippen LogP contribution < -0.4 is 5.56 Å². The maximum absolute atomic E-state index is 13.1. The van der Waals surface area contributed by atoms with E-state index in [9.17, 15) is 4.79 Å². The highest BCUT2D eigenvalue weighted by molar-refractivity contribution is 7.98. The van der Waals surface area contributed by atoms with Crippen LogP contribution in [0, 0.1) is 13.8 Å². The molecule has 0 atom stereocenters. The third-order valence-corrected chi connectivity index (χ3v) is 6.48. The summed E-state index contributed by atoms with van der Waals surface area (Å²) in [5.74, 6) is 1.67. The first-order valence-electron chi connectivity index (χ1n) is 9.18. The second kappa shape index (κ2) is 7.75. The van der Waals surface area contributed by atoms with Crippen molar-refractivity contribution in [1.82, 2.24) is 19.7 Å². The normalized spacial score (nSPS) is 12.2. The van der Waals surface area contributed by atoms with Gasteiger partial charge in [0.2, 0.25) is 11.8 Å². The van der Waals surface area contributed by atoms with Gasteiger partial charge in [-0.2, -0.15) is 0 Å². The smallest absolute Gasteiger partial charge is 0.263 e. The molecule has 0 unspecified atom stereocenters. The minimum absolute atomic E-state index is 0.0544. The minimum atomic E-state index is -0.178. The third-order valence-electron chi connectivity index (χ3n) is 4.42. The molecule has 0 spiro atoms. The van der Waals surface area contributed by atoms with Gasteiger partial charge in [-0.25, -0.2) is 4.98 Å². The molecule has 0 radical (unpaired) electrons. The van der Waals surface area contributed by atoms with Crippen LogP contribution in [0.1, 0.15) is 62.8 Å². The molecule has 3 aromatic heterocycles. The van der Waals surface area contributed by atoms with Gasteiger partial charge in [0, 0.05) is 16.8 Å². The number of hydrogen-bond acceptors (Lipinski definition) is 7. The average molecular weight is 407 g/mol. The topological polar surface area (TPSA) is 73.8 Å². The van der Waals surface area contributed by atoms with E-state index in [2.05, 4.69) is 17.1 Å². The van der Waals surface area contributed by atoms with E-state index in [4.69, 9.17) is 9.40 Å². The Bertz CT molecular complexity index is 1010. The molecule has 0 bridgehead atoms. The molecule has 146 valence electrons. The number of rotatable bonds is 6. The van der Waals surface area contributed by atoms with Crippen molar-refractivity contribution < 1.29 is 4.42 Å². The van der Waals surface area contributed by atoms with Crippen LogP contribution in [0.4, 0.5) is 0 Å². The Labute approximate surface area is 167 Å². The molecule has 0 aliphatic rings. The summed E-state index contributed by atoms with van der Waals surface area (Å²) >= 11 is 3.06. The largest absolute Gasteiger partial charge is 0.424 e. The number of unbranched alkanes of at least 4 members (excludes halogenated alkanes) is 1. The first-order chi connectivity index (χ1) is 12.7. The van der Waals surface area contributed by atoms with Crippen LogP contribution in [0.15, 0.2) is 14.4 Å². The van der Waals surface area contributed by atoms with Gasteiger partial charge >= 0.3 is 0 Å². The lowest BCUT2D eigenvalue weighted by Gasteiger charge is -2.12. The highest BCUT2D eigenvalue weighted by Gasteiger charge is 2.22. The van der Waals surface area contributed by atoms with Crippen molar-refractivity contribution in [3.63, 3.8) is 0 Å². The summed E-state index contributed by atoms with van der Waals surface area (Å²) < 4.78 is 7.58. The van der Waals surface area contributed by atoms with Crippen LogP contribution in [-0.2, 0) is 17.7 Å². The zero-order chi connectivity index (χ0) is 19.8. The number of aryl methyl sites for hydroxylation is 2. The van der Waals surface area contributed by atoms with Crippen molar-refractivity contribution >= 4 is 33.3 Å². The zero-order valence-corrected chi connectivity index (χ0v) is 18.4. The van der Waals surface area contributed by atoms with E-state index in [1.165, 1.54) is 11.8 Å². The maximum atomic E-state index is 13.1. The number of aromatic nitrogens is 4. The number of thiophene rings is 1. The molecule has 6 nitrogen and oxygen atoms in total. The first kappa shape index (κ1) is 20.1. The van der Waals surface area contributed by atoms with E-state index in [0.29, 0.717) is 24.1 Å². The van der Waals surface area contributed by atoms with Crippen LogP contribution in [0.25, 0.3) is 10.2 Å². The standard InChI is InChI=1S/C19H26N4O2S2/c1-7-8-9-23-16(24)14-11(2)12(3)27-15(14)20-18(23)26-10-13-21-22-17(25-13)19(4,5)6/h7-10H2,1-6H3. The summed E-state index contributed by atoms with van der Waals surface area (Å²) in [7, 11) is 0. The van der Waals surface area contributed by atoms with Gasteiger partial charge in [-0.15, -0.1) is 21.5 Å². The molecule has 3 rings (SSSR count). The Hall–Kier alpha value is -1.67. The molecule has 0 aliphatic carbocycles. The fourth-order valence-electron chi connectivity index (χ4n) is 2.67. The van der Waals surface area contributed by atoms with Gasteiger partial charge in [0.15, 0.2) is 5.16 Å². The van der Waals surface area contributed by atoms with Crippen LogP contribution in [-0.4, -0.2) is 19.7 Å². The van der Waals surface area contributed by atoms with E-state index < -0.39 is 0 Å². The Morgan fingerprint density at radius 3 is 2.59 bits per heavy atom. The fourth-order valence-corrected chi connectivity index (χ4v) is 4.61. The van der Waals surface area contributed by atoms with E-state index in [1.54, 1.807) is 15.9 Å². The first-order valence-corrected chi connectivity index (χ1v) is 11.0. The van der Waals surface area contributed by atoms with Crippen LogP contribution >= 0.6 is 23.1 Å². The van der Waals surface area contributed by atoms with Crippen molar-refractivity contribution in [1.29, 1.82) is 0 Å². The minimum Gasteiger partial charge on any atom is -0.424 e. The molecule has 0 saturated carbocycles. The van der Waals surface area contributed by atoms with Crippen molar-refractivity contribution in [2.45, 2.75) is 77.3 Å². The lowest BCUT2D eigenvalue weighted by atomic mass is 9.97. The van der Waals surface area contributed by atoms with Crippen molar-refractivity contribution in [2.75, 3.05) is 0 Å². The quantitative estimate of drug-likeness (QED) is 0.430. The van der Waals surface area contributed by atoms with Crippen molar-refractivity contribution in [3.05, 3.63) is 32.6 Å². The van der Waals surface area contributed by atoms with Gasteiger partial charge in [-0.05, 0) is 25.8 Å². The molecule has 27 heavy (non-hydrogen) atoms. The molecule has 3 heterocycles. The van der Waals surface area contributed by atoms with E-state index in [1.807, 2.05) is 34.6 Å². The summed E-state index contributed by atoms with van der Waals surface area (Å²) in [6.07, 6.45) is 1.96. The Kier molecular flexibility index (Phi) is 5.76. The highest BCUT2D eigenvalue weighted by atomic mass is 32.2. The number of hydrogen-bond donors (Lipinski definition) is 0. The van der Waals surface area contributed by atoms with E-state index in [0.717, 1.165) is 38.7 Å². The predicted molar refractivity (Wildman–Crippen MR) is 111 cm³/mol. The number of nitrogens with zero attached hydrogens (tertiary/aromatic N) is 4. The summed E-state index contributed by atoms with van der Waals surface area (Å²) in [4.78, 5) is 19.9. The Balaban J connectivity index is 1.94. The number of thioether (sulfide) groups is 1. The second-order valence-corrected chi connectivity index (χ2v) is 9.85. The summed E-state index contributed by atoms with van der Waals surface area (Å²) in [5, 5.41) is 9.76. The maximum Gasteiger partial charge on any atom is 0.263 e. The zero-order valence-electron chi connectivity index (χ0n) is 16.8. The molecule has 0 N–H and O–H groups in total. The highest BCUT2D eigenvalue weighted by Crippen LogP contribution is 2.30. The molecule has 0 amide bonds. The summed E-state index contributed by atoms with van der Waals surface area (Å²) in [6, 6.07) is 0. The molecule has 0 fully saturated rings. The summed E-state index contributed by atoms with van der Waals surface area (Å²) in [5.41, 5.74) is 0.919. The van der Waals surface area contributed by atoms with Crippen LogP contribution in [0.5, 0.6) is 0 Å². The molecule has 0 aromatic carbocycles. The molecule has 8 heteroatoms. The molecule has 3 aromatic rings. The van der Waals surface area contributed by atoms with Gasteiger partial charge < -0.3 is 4.42 Å². The fraction of sp³-hybridized carbons (Fsp3) is 0.579. The van der Waals surface area contributed by atoms with E-state index >= 15 is 0 Å². The Morgan fingerprint density at radius 1 is 1.22 bits per heavy atom. The van der Waals surface area contributed by atoms with Gasteiger partial charge in [0.1, 0.15) is 4.83 Å². The summed E-state index contributed by atoms with van der Waals surface area (Å²) in [6.45, 7) is 12.9. The monoisotopic (exact) mass is 406 g/mol. The SMILES string of the molecule is CCCCn1c(SCc2nnc(C(C)(C)C)o2)nc2sc(C)c(C)c2c1=O. The van der Waals surface area contributed by atoms with Gasteiger partial charge in [-0.1, -0.05) is 45.9 Å². The van der Waals surface area contributed by atoms with E-state index in [-0.39, 0.29) is 11.0 Å². The average Bonchev–Trinajstić information content (AvgIpc) is 3.18. The molecular formula is C19H26N4O2S2. The molecule has 0 aliphatic heterocycles. The van der Waals surface area contributed by atoms with Crippen molar-refractivity contribution in [3.8, 4) is 0 Å². The van der Waals surface area contributed by atoms with Gasteiger partial charge in [-0.3, -0.25) is 9.36 Å². The lowest BCUT2D eigenvalue weighted by molar-refractivity contribution is 0.378. The van der Waals surface area contributed by atoms with Crippen molar-refractivity contribution in [2.24, 2.45) is 0 Å². The molecular weight excluding hydrogens is 380 g/mol. The Morgan fingerprint density at radius 2 is 1.96 bits per heavy atom. The second-order valence-electron chi connectivity index (χ2n) is 7.71. The van der Waals surface area contributed by atoms with Crippen LogP contribution in [0.3, 0.4) is 0 Å². The number of fused-ring (bicyclic) bond motifs is 1. The molecule has 0 saturated heterocycles. The van der Waals surface area contributed by atoms with Crippen LogP contribution in [0.2, 0.25) is 0 Å². The predicted octanol–water partition coefficient (Wildman–Crippen LogP) is 4.85. The lowest BCUT2D eigenvalue weighted by Crippen LogP contribution is -2.23. The van der Waals surface area contributed by atoms with Gasteiger partial charge in [0.05, 0.1) is 11.1 Å².